The molecule has 0 rings (SSSR count). The zero-order chi connectivity index (χ0) is 67.7. The van der Waals surface area contributed by atoms with Gasteiger partial charge in [0, 0.05) is 263 Å². The van der Waals surface area contributed by atoms with E-state index in [1.54, 1.807) is 54.5 Å². The van der Waals surface area contributed by atoms with Gasteiger partial charge in [-0.3, -0.25) is 38.4 Å². The number of likely N-dealkylation sites (N-methyl/N-ethyl adjacent to an activating group) is 3. The van der Waals surface area contributed by atoms with Crippen LogP contribution in [-0.4, -0.2) is 258 Å². The molecule has 0 spiro atoms. The van der Waals surface area contributed by atoms with Gasteiger partial charge < -0.3 is 91.3 Å². The van der Waals surface area contributed by atoms with E-state index < -0.39 is 11.5 Å². The van der Waals surface area contributed by atoms with E-state index in [4.69, 9.17) is 59.8 Å². The molecule has 539 valence electrons. The summed E-state index contributed by atoms with van der Waals surface area (Å²) in [6.45, 7) is 8.90. The fourth-order valence-electron chi connectivity index (χ4n) is 9.01. The van der Waals surface area contributed by atoms with Gasteiger partial charge in [0.1, 0.15) is 23.1 Å². The first-order chi connectivity index (χ1) is 43.5. The number of hydrogen-bond donors (Lipinski definition) is 5. The van der Waals surface area contributed by atoms with Crippen molar-refractivity contribution in [3.63, 3.8) is 0 Å². The second kappa shape index (κ2) is 77.2. The van der Waals surface area contributed by atoms with E-state index >= 15 is 0 Å². The van der Waals surface area contributed by atoms with Crippen molar-refractivity contribution in [2.45, 2.75) is 173 Å². The quantitative estimate of drug-likeness (QED) is 0.0432. The number of methoxy groups -OCH3 is 5. The van der Waals surface area contributed by atoms with Gasteiger partial charge in [-0.05, 0) is 73.0 Å². The van der Waals surface area contributed by atoms with E-state index in [1.165, 1.54) is 0 Å². The van der Waals surface area contributed by atoms with Crippen LogP contribution in [0.3, 0.4) is 0 Å². The molecule has 0 heterocycles. The average Bonchev–Trinajstić information content (AvgIpc) is 1.04. The van der Waals surface area contributed by atoms with Crippen LogP contribution in [0.15, 0.2) is 0 Å². The minimum atomic E-state index is -0.931. The van der Waals surface area contributed by atoms with E-state index in [1.807, 2.05) is 14.0 Å². The molecule has 3 amide bonds. The summed E-state index contributed by atoms with van der Waals surface area (Å²) in [6, 6.07) is -0.807. The maximum Gasteiger partial charge on any atom is 0.239 e. The van der Waals surface area contributed by atoms with Gasteiger partial charge in [0.05, 0.1) is 71.0 Å². The van der Waals surface area contributed by atoms with Crippen molar-refractivity contribution < 1.29 is 179 Å². The second-order valence-electron chi connectivity index (χ2n) is 22.0. The van der Waals surface area contributed by atoms with Crippen molar-refractivity contribution in [1.29, 1.82) is 0 Å². The van der Waals surface area contributed by atoms with Gasteiger partial charge in [-0.1, -0.05) is 38.5 Å². The third kappa shape index (κ3) is 64.6. The van der Waals surface area contributed by atoms with Crippen LogP contribution in [0.4, 0.5) is 0 Å². The maximum absolute atomic E-state index is 13.6. The van der Waals surface area contributed by atoms with Crippen molar-refractivity contribution in [3.05, 3.63) is 17.2 Å². The van der Waals surface area contributed by atoms with Crippen molar-refractivity contribution in [2.24, 2.45) is 5.41 Å². The van der Waals surface area contributed by atoms with Gasteiger partial charge in [0.2, 0.25) is 17.7 Å². The first-order valence-electron chi connectivity index (χ1n) is 32.7. The molecule has 0 aliphatic heterocycles. The van der Waals surface area contributed by atoms with Crippen LogP contribution in [-0.2, 0) is 179 Å². The Kier molecular flexibility index (Phi) is 85.9. The molecule has 3 radical (unpaired) electrons. The Morgan fingerprint density at radius 2 is 0.753 bits per heavy atom. The van der Waals surface area contributed by atoms with Gasteiger partial charge in [-0.25, -0.2) is 0 Å². The summed E-state index contributed by atoms with van der Waals surface area (Å²) in [7, 11) is 13.2. The Balaban J connectivity index is -0.000000337. The van der Waals surface area contributed by atoms with Crippen LogP contribution in [0.5, 0.6) is 0 Å². The number of carbonyl (C=O) groups is 8. The fourth-order valence-corrected chi connectivity index (χ4v) is 9.01. The zero-order valence-corrected chi connectivity index (χ0v) is 67.3. The molecule has 93 heavy (non-hydrogen) atoms. The average molecular weight is 1560 g/mol. The van der Waals surface area contributed by atoms with Gasteiger partial charge >= 0.3 is 0 Å². The molecule has 0 aliphatic carbocycles. The molecular formula is C64H124N9O17Y3-3. The number of rotatable bonds is 64. The largest absolute Gasteiger partial charge is 0.677 e. The molecule has 0 saturated carbocycles. The van der Waals surface area contributed by atoms with Gasteiger partial charge in [-0.15, -0.1) is 0 Å². The number of Topliss-reactive ketones (excluding diaryl/α,β-unsaturated/α-hetero) is 5. The summed E-state index contributed by atoms with van der Waals surface area (Å²) in [5, 5.41) is 14.7. The minimum Gasteiger partial charge on any atom is -0.677 e. The number of amides is 3. The van der Waals surface area contributed by atoms with E-state index in [-0.39, 0.29) is 235 Å². The molecule has 3 atom stereocenters. The molecule has 0 bridgehead atoms. The first-order valence-corrected chi connectivity index (χ1v) is 32.7. The van der Waals surface area contributed by atoms with E-state index in [0.29, 0.717) is 156 Å². The van der Waals surface area contributed by atoms with Crippen LogP contribution in [0, 0.1) is 5.41 Å². The molecule has 3 unspecified atom stereocenters. The molecule has 8 N–H and O–H groups in total. The Labute approximate surface area is 635 Å². The molecular weight excluding hydrogens is 1430 g/mol. The smallest absolute Gasteiger partial charge is 0.239 e. The Morgan fingerprint density at radius 3 is 1.12 bits per heavy atom. The molecule has 0 saturated heterocycles. The first kappa shape index (κ1) is 103. The second-order valence-corrected chi connectivity index (χ2v) is 22.0. The van der Waals surface area contributed by atoms with Crippen molar-refractivity contribution in [3.8, 4) is 0 Å². The topological polar surface area (TPSA) is 354 Å². The number of ketones is 5. The number of nitrogens with zero attached hydrogens (tertiary/aromatic N) is 1. The van der Waals surface area contributed by atoms with Gasteiger partial charge in [0.25, 0.3) is 0 Å². The minimum absolute atomic E-state index is 0. The van der Waals surface area contributed by atoms with Crippen LogP contribution in [0.25, 0.3) is 17.2 Å². The summed E-state index contributed by atoms with van der Waals surface area (Å²) in [5.74, 6) is 0.0325. The van der Waals surface area contributed by atoms with Crippen molar-refractivity contribution in [1.82, 2.24) is 31.5 Å². The molecule has 0 fully saturated rings. The number of hydrogen-bond acceptors (Lipinski definition) is 20. The summed E-state index contributed by atoms with van der Waals surface area (Å²) < 4.78 is 47.9. The molecule has 0 aliphatic rings. The standard InChI is InChI=1S/C31H59N4O10.C21H40N3O5.C12H25N2O2.3Y/c1-33-27(9-5-6-13-32)28(37)22-31(23-43-17-10-26(36)8-7-16-40-2,24-44-18-11-29(38)34-14-20-41-3)25-45-19-12-30(39)35-15-21-42-4;1-23-20(10-4-5-13-22)21(27)24(14-11-18(25)8-6-16-28-2)15-12-19(26)9-7-17-29-3;1-3-16-10-6-8-12(15)11(14-2)7-4-5-9-13;;;/h27,32-33H,5-25H2,1-4H3,(H,34,38)(H,35,39);20,22-23H,4-17H2,1-3H3;11,13-14H,3-10H2,1-2H3;;;/q3*-1;;;. The van der Waals surface area contributed by atoms with E-state index in [9.17, 15) is 38.4 Å². The van der Waals surface area contributed by atoms with Crippen LogP contribution in [0.1, 0.15) is 155 Å². The predicted molar refractivity (Wildman–Crippen MR) is 351 cm³/mol. The van der Waals surface area contributed by atoms with Crippen LogP contribution in [0.2, 0.25) is 0 Å². The zero-order valence-electron chi connectivity index (χ0n) is 58.8. The molecule has 0 aromatic carbocycles. The van der Waals surface area contributed by atoms with Gasteiger partial charge in [0.15, 0.2) is 5.78 Å². The predicted octanol–water partition coefficient (Wildman–Crippen LogP) is 6.06. The summed E-state index contributed by atoms with van der Waals surface area (Å²) >= 11 is 0. The summed E-state index contributed by atoms with van der Waals surface area (Å²) in [4.78, 5) is 101. The van der Waals surface area contributed by atoms with E-state index in [2.05, 4.69) is 26.6 Å². The van der Waals surface area contributed by atoms with Crippen molar-refractivity contribution in [2.75, 3.05) is 188 Å². The molecule has 0 aromatic rings. The fraction of sp³-hybridized carbons (Fsp3) is 0.875. The normalized spacial score (nSPS) is 11.8. The summed E-state index contributed by atoms with van der Waals surface area (Å²) in [5.41, 5.74) is 20.8. The third-order valence-electron chi connectivity index (χ3n) is 14.3. The summed E-state index contributed by atoms with van der Waals surface area (Å²) in [6.07, 6.45) is 12.7. The van der Waals surface area contributed by atoms with Crippen molar-refractivity contribution >= 4 is 46.6 Å². The molecule has 0 aromatic heterocycles. The Morgan fingerprint density at radius 1 is 0.398 bits per heavy atom. The van der Waals surface area contributed by atoms with Crippen LogP contribution >= 0.6 is 0 Å². The third-order valence-corrected chi connectivity index (χ3v) is 14.3. The molecule has 29 heteroatoms. The Hall–Kier alpha value is -0.528. The number of nitrogens with one attached hydrogen (secondary N) is 8. The Bertz CT molecular complexity index is 1700. The SMILES string of the molecule is CCOCCCC(=O)C(CCCC[NH-])NC.CNC(CCCC[NH-])C(=O)CC(COCCC(=O)CCCOC)(COCCC(=O)NCCOC)COCCC(=O)NCCOC.CNC(CCCC[NH-])C(=O)N(CCC(=O)CCCOC)CCC(=O)CCCOC.[Y].[Y].[Y]. The van der Waals surface area contributed by atoms with E-state index in [0.717, 1.165) is 44.9 Å². The van der Waals surface area contributed by atoms with Gasteiger partial charge in [-0.2, -0.15) is 19.6 Å². The molecule has 26 nitrogen and oxygen atoms in total. The monoisotopic (exact) mass is 1560 g/mol. The van der Waals surface area contributed by atoms with Crippen LogP contribution < -0.4 is 26.6 Å². The number of carbonyl (C=O) groups excluding carboxylic acids is 8. The number of ether oxygens (including phenoxy) is 9. The maximum atomic E-state index is 13.6. The number of unbranched alkanes of at least 4 members (excludes halogenated alkanes) is 3.